The van der Waals surface area contributed by atoms with E-state index in [0.717, 1.165) is 0 Å². The Bertz CT molecular complexity index is 607. The minimum atomic E-state index is -3.70. The first-order chi connectivity index (χ1) is 9.30. The summed E-state index contributed by atoms with van der Waals surface area (Å²) in [5.41, 5.74) is 5.39. The van der Waals surface area contributed by atoms with Gasteiger partial charge >= 0.3 is 0 Å². The molecular weight excluding hydrogens is 370 g/mol. The van der Waals surface area contributed by atoms with Crippen molar-refractivity contribution in [1.29, 1.82) is 0 Å². The Morgan fingerprint density at radius 1 is 1.60 bits per heavy atom. The highest BCUT2D eigenvalue weighted by Crippen LogP contribution is 2.25. The summed E-state index contributed by atoms with van der Waals surface area (Å²) in [5.74, 6) is -0.0307. The van der Waals surface area contributed by atoms with Crippen molar-refractivity contribution in [2.24, 2.45) is 10.9 Å². The molecule has 1 unspecified atom stereocenters. The van der Waals surface area contributed by atoms with Crippen LogP contribution in [0.5, 0.6) is 0 Å². The molecule has 4 N–H and O–H groups in total. The van der Waals surface area contributed by atoms with E-state index in [0.29, 0.717) is 15.9 Å². The fraction of sp³-hybridized carbons (Fsp3) is 0.364. The van der Waals surface area contributed by atoms with E-state index in [-0.39, 0.29) is 17.2 Å². The van der Waals surface area contributed by atoms with Crippen molar-refractivity contribution in [3.8, 4) is 0 Å². The lowest BCUT2D eigenvalue weighted by Gasteiger charge is -2.16. The number of hydrogen-bond acceptors (Lipinski definition) is 4. The van der Waals surface area contributed by atoms with Gasteiger partial charge in [-0.3, -0.25) is 0 Å². The van der Waals surface area contributed by atoms with Gasteiger partial charge in [0.25, 0.3) is 0 Å². The summed E-state index contributed by atoms with van der Waals surface area (Å²) in [7, 11) is -3.70. The topological polar surface area (TPSA) is 105 Å². The molecule has 0 aliphatic heterocycles. The molecule has 0 aromatic heterocycles. The summed E-state index contributed by atoms with van der Waals surface area (Å²) in [6, 6.07) is 3.86. The molecule has 0 aliphatic carbocycles. The Morgan fingerprint density at radius 2 is 2.25 bits per heavy atom. The molecule has 0 radical (unpaired) electrons. The van der Waals surface area contributed by atoms with Crippen LogP contribution in [-0.4, -0.2) is 25.5 Å². The fourth-order valence-electron chi connectivity index (χ4n) is 1.49. The van der Waals surface area contributed by atoms with Gasteiger partial charge in [-0.25, -0.2) is 13.1 Å². The second-order valence-electron chi connectivity index (χ2n) is 4.10. The molecule has 0 saturated heterocycles. The van der Waals surface area contributed by atoms with Gasteiger partial charge in [0.1, 0.15) is 5.84 Å². The van der Waals surface area contributed by atoms with Crippen LogP contribution in [-0.2, 0) is 10.0 Å². The van der Waals surface area contributed by atoms with Crippen LogP contribution in [0.2, 0.25) is 5.02 Å². The van der Waals surface area contributed by atoms with Crippen LogP contribution in [0.3, 0.4) is 0 Å². The SMILES string of the molecule is CCC(C/C(N)=N/O)NS(=O)(=O)c1ccc(Cl)c(Br)c1. The Labute approximate surface area is 131 Å². The van der Waals surface area contributed by atoms with E-state index in [2.05, 4.69) is 25.8 Å². The second kappa shape index (κ2) is 7.26. The van der Waals surface area contributed by atoms with Crippen LogP contribution in [0.15, 0.2) is 32.7 Å². The minimum absolute atomic E-state index is 0.0307. The highest BCUT2D eigenvalue weighted by atomic mass is 79.9. The molecule has 112 valence electrons. The molecule has 9 heteroatoms. The van der Waals surface area contributed by atoms with Gasteiger partial charge in [-0.2, -0.15) is 0 Å². The van der Waals surface area contributed by atoms with Gasteiger partial charge in [-0.15, -0.1) is 0 Å². The molecule has 0 amide bonds. The van der Waals surface area contributed by atoms with Crippen molar-refractivity contribution in [3.63, 3.8) is 0 Å². The minimum Gasteiger partial charge on any atom is -0.409 e. The molecule has 1 aromatic rings. The number of nitrogens with two attached hydrogens (primary N) is 1. The van der Waals surface area contributed by atoms with E-state index < -0.39 is 16.1 Å². The smallest absolute Gasteiger partial charge is 0.240 e. The predicted octanol–water partition coefficient (Wildman–Crippen LogP) is 2.30. The first-order valence-electron chi connectivity index (χ1n) is 5.74. The number of sulfonamides is 1. The molecule has 1 aromatic carbocycles. The van der Waals surface area contributed by atoms with Gasteiger partial charge in [0.05, 0.1) is 9.92 Å². The Morgan fingerprint density at radius 3 is 2.75 bits per heavy atom. The lowest BCUT2D eigenvalue weighted by molar-refractivity contribution is 0.316. The van der Waals surface area contributed by atoms with Crippen LogP contribution in [0.1, 0.15) is 19.8 Å². The Balaban J connectivity index is 2.95. The average Bonchev–Trinajstić information content (AvgIpc) is 2.40. The summed E-state index contributed by atoms with van der Waals surface area (Å²) in [6.07, 6.45) is 0.630. The maximum Gasteiger partial charge on any atom is 0.240 e. The first kappa shape index (κ1) is 17.2. The summed E-state index contributed by atoms with van der Waals surface area (Å²) in [6.45, 7) is 1.80. The molecular formula is C11H15BrClN3O3S. The van der Waals surface area contributed by atoms with Gasteiger partial charge < -0.3 is 10.9 Å². The number of amidine groups is 1. The van der Waals surface area contributed by atoms with Gasteiger partial charge in [0.2, 0.25) is 10.0 Å². The van der Waals surface area contributed by atoms with Crippen molar-refractivity contribution >= 4 is 43.4 Å². The number of rotatable bonds is 6. The van der Waals surface area contributed by atoms with Gasteiger partial charge in [-0.1, -0.05) is 23.7 Å². The number of nitrogens with one attached hydrogen (secondary N) is 1. The molecule has 0 saturated carbocycles. The second-order valence-corrected chi connectivity index (χ2v) is 7.07. The summed E-state index contributed by atoms with van der Waals surface area (Å²) >= 11 is 9.01. The summed E-state index contributed by atoms with van der Waals surface area (Å²) < 4.78 is 27.4. The molecule has 1 rings (SSSR count). The molecule has 0 heterocycles. The van der Waals surface area contributed by atoms with Crippen LogP contribution in [0.4, 0.5) is 0 Å². The summed E-state index contributed by atoms with van der Waals surface area (Å²) in [4.78, 5) is 0.0896. The maximum atomic E-state index is 12.2. The van der Waals surface area contributed by atoms with Crippen LogP contribution in [0, 0.1) is 0 Å². The van der Waals surface area contributed by atoms with Gasteiger partial charge in [-0.05, 0) is 40.5 Å². The molecule has 0 fully saturated rings. The largest absolute Gasteiger partial charge is 0.409 e. The van der Waals surface area contributed by atoms with E-state index in [1.54, 1.807) is 6.92 Å². The Hall–Kier alpha value is -0.830. The van der Waals surface area contributed by atoms with Crippen molar-refractivity contribution in [2.45, 2.75) is 30.7 Å². The lowest BCUT2D eigenvalue weighted by Crippen LogP contribution is -2.37. The molecule has 6 nitrogen and oxygen atoms in total. The third kappa shape index (κ3) is 4.62. The molecule has 0 aliphatic rings. The molecule has 20 heavy (non-hydrogen) atoms. The average molecular weight is 385 g/mol. The van der Waals surface area contributed by atoms with Crippen molar-refractivity contribution < 1.29 is 13.6 Å². The lowest BCUT2D eigenvalue weighted by atomic mass is 10.1. The normalized spacial score (nSPS) is 14.2. The standard InChI is InChI=1S/C11H15BrClN3O3S/c1-2-7(5-11(14)15-17)16-20(18,19)8-3-4-10(13)9(12)6-8/h3-4,6-7,16-17H,2,5H2,1H3,(H2,14,15). The highest BCUT2D eigenvalue weighted by Gasteiger charge is 2.20. The highest BCUT2D eigenvalue weighted by molar-refractivity contribution is 9.10. The third-order valence-electron chi connectivity index (χ3n) is 2.60. The van der Waals surface area contributed by atoms with E-state index >= 15 is 0 Å². The van der Waals surface area contributed by atoms with E-state index in [9.17, 15) is 8.42 Å². The molecule has 1 atom stereocenters. The van der Waals surface area contributed by atoms with Crippen LogP contribution in [0.25, 0.3) is 0 Å². The van der Waals surface area contributed by atoms with Crippen molar-refractivity contribution in [2.75, 3.05) is 0 Å². The van der Waals surface area contributed by atoms with Crippen molar-refractivity contribution in [1.82, 2.24) is 4.72 Å². The number of oxime groups is 1. The van der Waals surface area contributed by atoms with Crippen LogP contribution < -0.4 is 10.5 Å². The zero-order valence-electron chi connectivity index (χ0n) is 10.7. The fourth-order valence-corrected chi connectivity index (χ4v) is 3.49. The number of halogens is 2. The zero-order valence-corrected chi connectivity index (χ0v) is 13.8. The Kier molecular flexibility index (Phi) is 6.25. The monoisotopic (exact) mass is 383 g/mol. The van der Waals surface area contributed by atoms with Crippen LogP contribution >= 0.6 is 27.5 Å². The molecule has 0 bridgehead atoms. The number of benzene rings is 1. The predicted molar refractivity (Wildman–Crippen MR) is 81.6 cm³/mol. The van der Waals surface area contributed by atoms with Gasteiger partial charge in [0.15, 0.2) is 0 Å². The maximum absolute atomic E-state index is 12.2. The first-order valence-corrected chi connectivity index (χ1v) is 8.39. The van der Waals surface area contributed by atoms with Crippen molar-refractivity contribution in [3.05, 3.63) is 27.7 Å². The van der Waals surface area contributed by atoms with E-state index in [1.165, 1.54) is 18.2 Å². The third-order valence-corrected chi connectivity index (χ3v) is 5.33. The number of hydrogen-bond donors (Lipinski definition) is 3. The quantitative estimate of drug-likeness (QED) is 0.303. The zero-order chi connectivity index (χ0) is 15.3. The van der Waals surface area contributed by atoms with E-state index in [4.69, 9.17) is 22.5 Å². The summed E-state index contributed by atoms with van der Waals surface area (Å²) in [5, 5.41) is 11.8. The van der Waals surface area contributed by atoms with Gasteiger partial charge in [0, 0.05) is 16.9 Å². The molecule has 0 spiro atoms. The van der Waals surface area contributed by atoms with E-state index in [1.807, 2.05) is 0 Å². The number of nitrogens with zero attached hydrogens (tertiary/aromatic N) is 1.